The maximum atomic E-state index is 10.4. The molecule has 0 bridgehead atoms. The molecule has 1 amide bonds. The highest BCUT2D eigenvalue weighted by Crippen LogP contribution is 1.82. The summed E-state index contributed by atoms with van der Waals surface area (Å²) in [5, 5.41) is 1.82. The molecule has 0 aliphatic carbocycles. The lowest BCUT2D eigenvalue weighted by Gasteiger charge is -1.82. The van der Waals surface area contributed by atoms with Gasteiger partial charge in [-0.05, 0) is 12.2 Å². The van der Waals surface area contributed by atoms with Crippen molar-refractivity contribution in [3.05, 3.63) is 0 Å². The van der Waals surface area contributed by atoms with Crippen LogP contribution >= 0.6 is 12.2 Å². The van der Waals surface area contributed by atoms with Crippen LogP contribution in [0.3, 0.4) is 0 Å². The Morgan fingerprint density at radius 1 is 1.67 bits per heavy atom. The van der Waals surface area contributed by atoms with E-state index >= 15 is 0 Å². The maximum absolute atomic E-state index is 10.4. The summed E-state index contributed by atoms with van der Waals surface area (Å²) < 4.78 is 0. The van der Waals surface area contributed by atoms with Gasteiger partial charge in [-0.2, -0.15) is 0 Å². The monoisotopic (exact) mass is 143 g/mol. The number of amides is 1. The van der Waals surface area contributed by atoms with E-state index in [1.54, 1.807) is 6.92 Å². The minimum Gasteiger partial charge on any atom is -0.289 e. The first-order valence-electron chi connectivity index (χ1n) is 2.37. The van der Waals surface area contributed by atoms with Crippen LogP contribution in [0, 0.1) is 0 Å². The zero-order chi connectivity index (χ0) is 7.28. The van der Waals surface area contributed by atoms with E-state index in [4.69, 9.17) is 0 Å². The van der Waals surface area contributed by atoms with Gasteiger partial charge in [0.1, 0.15) is 0 Å². The van der Waals surface area contributed by atoms with Gasteiger partial charge < -0.3 is 0 Å². The highest BCUT2D eigenvalue weighted by molar-refractivity contribution is 7.78. The van der Waals surface area contributed by atoms with Gasteiger partial charge in [0, 0.05) is 6.42 Å². The predicted molar refractivity (Wildman–Crippen MR) is 35.3 cm³/mol. The first-order chi connectivity index (χ1) is 4.22. The molecule has 0 atom stereocenters. The molecular formula is C5H5NO2S. The van der Waals surface area contributed by atoms with E-state index in [2.05, 4.69) is 17.2 Å². The lowest BCUT2D eigenvalue weighted by molar-refractivity contribution is -0.135. The molecule has 0 heterocycles. The van der Waals surface area contributed by atoms with Crippen molar-refractivity contribution in [3.63, 3.8) is 0 Å². The number of hydrogen-bond donors (Lipinski definition) is 0. The molecule has 0 aliphatic rings. The Balaban J connectivity index is 4.04. The van der Waals surface area contributed by atoms with Gasteiger partial charge >= 0.3 is 5.91 Å². The van der Waals surface area contributed by atoms with Gasteiger partial charge in [-0.3, -0.25) is 9.59 Å². The van der Waals surface area contributed by atoms with Crippen molar-refractivity contribution >= 4 is 29.1 Å². The highest BCUT2D eigenvalue weighted by atomic mass is 32.1. The summed E-state index contributed by atoms with van der Waals surface area (Å²) in [6, 6.07) is 0. The Bertz CT molecular complexity index is 181. The van der Waals surface area contributed by atoms with Gasteiger partial charge in [0.15, 0.2) is 0 Å². The average molecular weight is 143 g/mol. The van der Waals surface area contributed by atoms with E-state index in [0.29, 0.717) is 0 Å². The predicted octanol–water partition coefficient (Wildman–Crippen LogP) is 0.595. The van der Waals surface area contributed by atoms with Gasteiger partial charge in [-0.1, -0.05) is 6.92 Å². The molecular weight excluding hydrogens is 138 g/mol. The number of isothiocyanates is 1. The number of thiocarbonyl (C=S) groups is 1. The highest BCUT2D eigenvalue weighted by Gasteiger charge is 2.07. The zero-order valence-electron chi connectivity index (χ0n) is 4.88. The fourth-order valence-electron chi connectivity index (χ4n) is 0.255. The number of ketones is 1. The number of rotatable bonds is 2. The van der Waals surface area contributed by atoms with Gasteiger partial charge in [-0.15, -0.1) is 4.99 Å². The van der Waals surface area contributed by atoms with E-state index < -0.39 is 11.7 Å². The van der Waals surface area contributed by atoms with Gasteiger partial charge in [0.2, 0.25) is 5.78 Å². The van der Waals surface area contributed by atoms with Crippen molar-refractivity contribution in [1.82, 2.24) is 0 Å². The molecule has 0 N–H and O–H groups in total. The molecule has 9 heavy (non-hydrogen) atoms. The Hall–Kier alpha value is -0.860. The molecule has 0 spiro atoms. The second kappa shape index (κ2) is 4.06. The van der Waals surface area contributed by atoms with Crippen LogP contribution < -0.4 is 0 Å². The molecule has 0 saturated heterocycles. The fraction of sp³-hybridized carbons (Fsp3) is 0.400. The van der Waals surface area contributed by atoms with Crippen molar-refractivity contribution in [2.24, 2.45) is 4.99 Å². The minimum atomic E-state index is -0.812. The molecule has 0 fully saturated rings. The Morgan fingerprint density at radius 3 is 2.56 bits per heavy atom. The lowest BCUT2D eigenvalue weighted by Crippen LogP contribution is -2.08. The maximum Gasteiger partial charge on any atom is 0.321 e. The van der Waals surface area contributed by atoms with E-state index in [-0.39, 0.29) is 6.42 Å². The molecule has 0 aliphatic heterocycles. The van der Waals surface area contributed by atoms with Crippen molar-refractivity contribution in [1.29, 1.82) is 0 Å². The number of carbonyl (C=O) groups excluding carboxylic acids is 2. The molecule has 0 aromatic rings. The van der Waals surface area contributed by atoms with Gasteiger partial charge in [0.05, 0.1) is 5.16 Å². The first-order valence-corrected chi connectivity index (χ1v) is 2.78. The molecule has 48 valence electrons. The third-order valence-corrected chi connectivity index (χ3v) is 0.798. The van der Waals surface area contributed by atoms with Crippen LogP contribution in [0.4, 0.5) is 0 Å². The zero-order valence-corrected chi connectivity index (χ0v) is 5.70. The van der Waals surface area contributed by atoms with Gasteiger partial charge in [-0.25, -0.2) is 0 Å². The van der Waals surface area contributed by atoms with E-state index in [1.807, 2.05) is 5.16 Å². The molecule has 0 rings (SSSR count). The van der Waals surface area contributed by atoms with Crippen molar-refractivity contribution in [2.45, 2.75) is 13.3 Å². The summed E-state index contributed by atoms with van der Waals surface area (Å²) in [7, 11) is 0. The largest absolute Gasteiger partial charge is 0.321 e. The second-order valence-corrected chi connectivity index (χ2v) is 1.47. The van der Waals surface area contributed by atoms with Crippen LogP contribution in [0.1, 0.15) is 13.3 Å². The summed E-state index contributed by atoms with van der Waals surface area (Å²) >= 11 is 4.11. The summed E-state index contributed by atoms with van der Waals surface area (Å²) in [5.41, 5.74) is 0. The molecule has 0 saturated carbocycles. The lowest BCUT2D eigenvalue weighted by atomic mass is 10.3. The first kappa shape index (κ1) is 8.14. The Kier molecular flexibility index (Phi) is 3.67. The number of nitrogens with zero attached hydrogens (tertiary/aromatic N) is 1. The molecule has 3 nitrogen and oxygen atoms in total. The molecule has 0 aromatic carbocycles. The topological polar surface area (TPSA) is 46.5 Å². The third kappa shape index (κ3) is 2.85. The van der Waals surface area contributed by atoms with Gasteiger partial charge in [0.25, 0.3) is 0 Å². The normalized spacial score (nSPS) is 7.67. The summed E-state index contributed by atoms with van der Waals surface area (Å²) in [6.45, 7) is 1.58. The van der Waals surface area contributed by atoms with Crippen LogP contribution in [-0.2, 0) is 9.59 Å². The number of Topliss-reactive ketones (excluding diaryl/α,β-unsaturated/α-hetero) is 1. The van der Waals surface area contributed by atoms with Crippen LogP contribution in [0.5, 0.6) is 0 Å². The smallest absolute Gasteiger partial charge is 0.289 e. The van der Waals surface area contributed by atoms with E-state index in [1.165, 1.54) is 0 Å². The van der Waals surface area contributed by atoms with E-state index in [9.17, 15) is 9.59 Å². The molecule has 0 unspecified atom stereocenters. The fourth-order valence-corrected chi connectivity index (χ4v) is 0.338. The minimum absolute atomic E-state index is 0.166. The third-order valence-electron chi connectivity index (χ3n) is 0.707. The SMILES string of the molecule is CCC(=O)C(=O)N=C=S. The number of hydrogen-bond acceptors (Lipinski definition) is 3. The summed E-state index contributed by atoms with van der Waals surface area (Å²) in [5.74, 6) is -1.35. The van der Waals surface area contributed by atoms with E-state index in [0.717, 1.165) is 0 Å². The molecule has 0 radical (unpaired) electrons. The molecule has 0 aromatic heterocycles. The second-order valence-electron chi connectivity index (χ2n) is 1.28. The van der Waals surface area contributed by atoms with Crippen molar-refractivity contribution < 1.29 is 9.59 Å². The van der Waals surface area contributed by atoms with Crippen molar-refractivity contribution in [2.75, 3.05) is 0 Å². The van der Waals surface area contributed by atoms with Crippen LogP contribution in [0.25, 0.3) is 0 Å². The summed E-state index contributed by atoms with van der Waals surface area (Å²) in [6.07, 6.45) is 0.166. The standard InChI is InChI=1S/C5H5NO2S/c1-2-4(7)5(8)6-3-9/h2H2,1H3. The quantitative estimate of drug-likeness (QED) is 0.323. The van der Waals surface area contributed by atoms with Crippen LogP contribution in [0.2, 0.25) is 0 Å². The Morgan fingerprint density at radius 2 is 2.22 bits per heavy atom. The number of aliphatic imine (C=N–C) groups is 1. The number of carbonyl (C=O) groups is 2. The Labute approximate surface area is 57.8 Å². The molecule has 4 heteroatoms. The van der Waals surface area contributed by atoms with Crippen LogP contribution in [-0.4, -0.2) is 16.9 Å². The van der Waals surface area contributed by atoms with Crippen molar-refractivity contribution in [3.8, 4) is 0 Å². The average Bonchev–Trinajstić information content (AvgIpc) is 1.87. The summed E-state index contributed by atoms with van der Waals surface area (Å²) in [4.78, 5) is 23.7. The van der Waals surface area contributed by atoms with Crippen LogP contribution in [0.15, 0.2) is 4.99 Å².